The standard InChI is InChI=1S/C22H31N3O3S/c1-5-8-9-13-18(26)23-17-12-10-11-16(14-17)20-19(21(27)28-7-3)15(4)25(6-2)22(29)24-20/h10-12,14,20H,5-9,13H2,1-4H3,(H,23,26)(H,24,29)/t20-/m1/s1. The van der Waals surface area contributed by atoms with Crippen LogP contribution in [-0.4, -0.2) is 35.0 Å². The molecule has 0 aliphatic carbocycles. The van der Waals surface area contributed by atoms with Crippen molar-refractivity contribution in [3.63, 3.8) is 0 Å². The summed E-state index contributed by atoms with van der Waals surface area (Å²) in [6.07, 6.45) is 3.50. The highest BCUT2D eigenvalue weighted by atomic mass is 32.1. The van der Waals surface area contributed by atoms with E-state index in [0.29, 0.717) is 35.9 Å². The number of hydrogen-bond donors (Lipinski definition) is 2. The summed E-state index contributed by atoms with van der Waals surface area (Å²) in [6, 6.07) is 7.09. The zero-order chi connectivity index (χ0) is 21.4. The second kappa shape index (κ2) is 11.0. The Morgan fingerprint density at radius 3 is 2.66 bits per heavy atom. The molecule has 1 atom stereocenters. The van der Waals surface area contributed by atoms with Gasteiger partial charge in [-0.25, -0.2) is 4.79 Å². The SMILES string of the molecule is CCCCCC(=O)Nc1cccc([C@H]2NC(=S)N(CC)C(C)=C2C(=O)OCC)c1. The van der Waals surface area contributed by atoms with Gasteiger partial charge in [0.05, 0.1) is 18.2 Å². The van der Waals surface area contributed by atoms with E-state index in [-0.39, 0.29) is 11.9 Å². The number of esters is 1. The van der Waals surface area contributed by atoms with Gasteiger partial charge in [-0.05, 0) is 57.1 Å². The predicted molar refractivity (Wildman–Crippen MR) is 119 cm³/mol. The Balaban J connectivity index is 2.31. The van der Waals surface area contributed by atoms with Crippen molar-refractivity contribution in [2.24, 2.45) is 0 Å². The highest BCUT2D eigenvalue weighted by molar-refractivity contribution is 7.80. The molecule has 1 aliphatic heterocycles. The van der Waals surface area contributed by atoms with E-state index in [1.54, 1.807) is 6.92 Å². The summed E-state index contributed by atoms with van der Waals surface area (Å²) in [5.41, 5.74) is 2.87. The molecule has 1 aromatic carbocycles. The molecule has 0 saturated carbocycles. The zero-order valence-electron chi connectivity index (χ0n) is 17.7. The van der Waals surface area contributed by atoms with Gasteiger partial charge in [0.1, 0.15) is 0 Å². The maximum Gasteiger partial charge on any atom is 0.338 e. The number of carbonyl (C=O) groups excluding carboxylic acids is 2. The zero-order valence-corrected chi connectivity index (χ0v) is 18.5. The van der Waals surface area contributed by atoms with Crippen LogP contribution in [0.25, 0.3) is 0 Å². The van der Waals surface area contributed by atoms with E-state index >= 15 is 0 Å². The molecule has 7 heteroatoms. The number of hydrogen-bond acceptors (Lipinski definition) is 4. The molecule has 1 aliphatic rings. The molecule has 6 nitrogen and oxygen atoms in total. The summed E-state index contributed by atoms with van der Waals surface area (Å²) in [5, 5.41) is 6.78. The number of nitrogens with zero attached hydrogens (tertiary/aromatic N) is 1. The van der Waals surface area contributed by atoms with Crippen molar-refractivity contribution in [2.75, 3.05) is 18.5 Å². The number of rotatable bonds is 9. The molecular weight excluding hydrogens is 386 g/mol. The van der Waals surface area contributed by atoms with E-state index in [1.807, 2.05) is 43.0 Å². The highest BCUT2D eigenvalue weighted by Gasteiger charge is 2.34. The molecule has 0 unspecified atom stereocenters. The van der Waals surface area contributed by atoms with E-state index in [9.17, 15) is 9.59 Å². The van der Waals surface area contributed by atoms with Crippen LogP contribution in [0.3, 0.4) is 0 Å². The van der Waals surface area contributed by atoms with Crippen LogP contribution in [0.15, 0.2) is 35.5 Å². The first-order chi connectivity index (χ1) is 13.9. The van der Waals surface area contributed by atoms with Gasteiger partial charge in [-0.1, -0.05) is 31.9 Å². The molecule has 1 aromatic rings. The highest BCUT2D eigenvalue weighted by Crippen LogP contribution is 2.32. The average Bonchev–Trinajstić information content (AvgIpc) is 2.68. The van der Waals surface area contributed by atoms with E-state index in [4.69, 9.17) is 17.0 Å². The van der Waals surface area contributed by atoms with Crippen molar-refractivity contribution in [3.05, 3.63) is 41.1 Å². The molecule has 158 valence electrons. The third-order valence-corrected chi connectivity index (χ3v) is 5.26. The first kappa shape index (κ1) is 22.9. The van der Waals surface area contributed by atoms with Crippen molar-refractivity contribution in [2.45, 2.75) is 59.4 Å². The lowest BCUT2D eigenvalue weighted by atomic mass is 9.94. The lowest BCUT2D eigenvalue weighted by molar-refractivity contribution is -0.139. The lowest BCUT2D eigenvalue weighted by Crippen LogP contribution is -2.47. The Morgan fingerprint density at radius 2 is 2.00 bits per heavy atom. The summed E-state index contributed by atoms with van der Waals surface area (Å²) in [4.78, 5) is 26.8. The number of nitrogens with one attached hydrogen (secondary N) is 2. The number of carbonyl (C=O) groups is 2. The maximum absolute atomic E-state index is 12.7. The van der Waals surface area contributed by atoms with Crippen LogP contribution in [0.5, 0.6) is 0 Å². The number of benzene rings is 1. The monoisotopic (exact) mass is 417 g/mol. The minimum Gasteiger partial charge on any atom is -0.463 e. The molecule has 0 aromatic heterocycles. The Morgan fingerprint density at radius 1 is 1.24 bits per heavy atom. The molecule has 2 rings (SSSR count). The van der Waals surface area contributed by atoms with Crippen molar-refractivity contribution >= 4 is 34.9 Å². The number of ether oxygens (including phenoxy) is 1. The topological polar surface area (TPSA) is 70.7 Å². The van der Waals surface area contributed by atoms with Crippen LogP contribution >= 0.6 is 12.2 Å². The minimum absolute atomic E-state index is 0.00257. The van der Waals surface area contributed by atoms with Crippen molar-refractivity contribution in [3.8, 4) is 0 Å². The summed E-state index contributed by atoms with van der Waals surface area (Å²) in [6.45, 7) is 8.72. The van der Waals surface area contributed by atoms with Crippen molar-refractivity contribution in [1.82, 2.24) is 10.2 Å². The molecular formula is C22H31N3O3S. The largest absolute Gasteiger partial charge is 0.463 e. The first-order valence-electron chi connectivity index (χ1n) is 10.3. The Labute approximate surface area is 178 Å². The van der Waals surface area contributed by atoms with Crippen LogP contribution in [0.4, 0.5) is 5.69 Å². The lowest BCUT2D eigenvalue weighted by Gasteiger charge is -2.37. The first-order valence-corrected chi connectivity index (χ1v) is 10.7. The molecule has 2 N–H and O–H groups in total. The fourth-order valence-electron chi connectivity index (χ4n) is 3.44. The maximum atomic E-state index is 12.7. The van der Waals surface area contributed by atoms with Gasteiger partial charge in [-0.2, -0.15) is 0 Å². The second-order valence-electron chi connectivity index (χ2n) is 6.98. The van der Waals surface area contributed by atoms with Crippen molar-refractivity contribution < 1.29 is 14.3 Å². The van der Waals surface area contributed by atoms with Gasteiger partial charge < -0.3 is 20.3 Å². The molecule has 0 fully saturated rings. The Hall–Kier alpha value is -2.41. The van der Waals surface area contributed by atoms with Gasteiger partial charge in [0.25, 0.3) is 0 Å². The summed E-state index contributed by atoms with van der Waals surface area (Å²) >= 11 is 5.51. The van der Waals surface area contributed by atoms with Crippen LogP contribution in [0.1, 0.15) is 65.0 Å². The normalized spacial score (nSPS) is 16.5. The summed E-state index contributed by atoms with van der Waals surface area (Å²) in [7, 11) is 0. The smallest absolute Gasteiger partial charge is 0.338 e. The fraction of sp³-hybridized carbons (Fsp3) is 0.500. The molecule has 1 heterocycles. The van der Waals surface area contributed by atoms with Gasteiger partial charge in [0.2, 0.25) is 5.91 Å². The third kappa shape index (κ3) is 5.79. The van der Waals surface area contributed by atoms with Gasteiger partial charge in [0.15, 0.2) is 5.11 Å². The Kier molecular flexibility index (Phi) is 8.64. The van der Waals surface area contributed by atoms with Crippen molar-refractivity contribution in [1.29, 1.82) is 0 Å². The molecule has 0 radical (unpaired) electrons. The van der Waals surface area contributed by atoms with Crippen LogP contribution in [0.2, 0.25) is 0 Å². The van der Waals surface area contributed by atoms with E-state index in [2.05, 4.69) is 17.6 Å². The molecule has 0 spiro atoms. The number of amides is 1. The number of allylic oxidation sites excluding steroid dienone is 1. The third-order valence-electron chi connectivity index (χ3n) is 4.92. The van der Waals surface area contributed by atoms with Gasteiger partial charge in [-0.3, -0.25) is 4.79 Å². The Bertz CT molecular complexity index is 791. The summed E-state index contributed by atoms with van der Waals surface area (Å²) < 4.78 is 5.30. The number of unbranched alkanes of at least 4 members (excludes halogenated alkanes) is 2. The molecule has 29 heavy (non-hydrogen) atoms. The van der Waals surface area contributed by atoms with Crippen LogP contribution in [0, 0.1) is 0 Å². The molecule has 1 amide bonds. The van der Waals surface area contributed by atoms with Gasteiger partial charge in [-0.15, -0.1) is 0 Å². The van der Waals surface area contributed by atoms with Crippen LogP contribution < -0.4 is 10.6 Å². The number of thiocarbonyl (C=S) groups is 1. The minimum atomic E-state index is -0.429. The molecule has 0 saturated heterocycles. The summed E-state index contributed by atoms with van der Waals surface area (Å²) in [5.74, 6) is -0.366. The van der Waals surface area contributed by atoms with E-state index in [0.717, 1.165) is 30.5 Å². The van der Waals surface area contributed by atoms with Crippen LogP contribution in [-0.2, 0) is 14.3 Å². The van der Waals surface area contributed by atoms with E-state index < -0.39 is 6.04 Å². The van der Waals surface area contributed by atoms with Gasteiger partial charge in [0, 0.05) is 24.4 Å². The predicted octanol–water partition coefficient (Wildman–Crippen LogP) is 4.29. The van der Waals surface area contributed by atoms with E-state index in [1.165, 1.54) is 0 Å². The fourth-order valence-corrected chi connectivity index (χ4v) is 3.82. The molecule has 0 bridgehead atoms. The quantitative estimate of drug-likeness (QED) is 0.355. The average molecular weight is 418 g/mol. The second-order valence-corrected chi connectivity index (χ2v) is 7.36. The number of anilines is 1. The van der Waals surface area contributed by atoms with Gasteiger partial charge >= 0.3 is 5.97 Å².